The minimum Gasteiger partial charge on any atom is -0.379 e. The van der Waals surface area contributed by atoms with Crippen molar-refractivity contribution in [3.05, 3.63) is 36.3 Å². The van der Waals surface area contributed by atoms with Crippen LogP contribution in [-0.2, 0) is 0 Å². The zero-order valence-electron chi connectivity index (χ0n) is 9.96. The van der Waals surface area contributed by atoms with Crippen LogP contribution in [0.2, 0.25) is 0 Å². The van der Waals surface area contributed by atoms with Crippen molar-refractivity contribution in [2.45, 2.75) is 0 Å². The number of nitrogens with two attached hydrogens (primary N) is 1. The number of tetrazole rings is 1. The lowest BCUT2D eigenvalue weighted by molar-refractivity contribution is 0.101. The quantitative estimate of drug-likeness (QED) is 0.672. The third kappa shape index (κ3) is 2.16. The number of rotatable bonds is 3. The topological polar surface area (TPSA) is 138 Å². The molecule has 0 spiro atoms. The molecule has 0 saturated heterocycles. The first-order valence-corrected chi connectivity index (χ1v) is 5.47. The van der Waals surface area contributed by atoms with Crippen molar-refractivity contribution >= 4 is 17.4 Å². The average molecular weight is 272 g/mol. The first kappa shape index (κ1) is 11.8. The van der Waals surface area contributed by atoms with Gasteiger partial charge in [0, 0.05) is 5.69 Å². The Kier molecular flexibility index (Phi) is 2.80. The SMILES string of the molecule is Nc1nonc1C(=O)Nc1ccc(-n2cnnn2)cc1. The molecule has 0 atom stereocenters. The summed E-state index contributed by atoms with van der Waals surface area (Å²) < 4.78 is 5.85. The minimum absolute atomic E-state index is 0.0606. The van der Waals surface area contributed by atoms with Crippen molar-refractivity contribution in [3.8, 4) is 5.69 Å². The van der Waals surface area contributed by atoms with Crippen LogP contribution in [-0.4, -0.2) is 36.4 Å². The number of amides is 1. The van der Waals surface area contributed by atoms with E-state index >= 15 is 0 Å². The summed E-state index contributed by atoms with van der Waals surface area (Å²) in [7, 11) is 0. The fraction of sp³-hybridized carbons (Fsp3) is 0. The van der Waals surface area contributed by atoms with Gasteiger partial charge in [0.15, 0.2) is 0 Å². The summed E-state index contributed by atoms with van der Waals surface area (Å²) in [6.45, 7) is 0. The van der Waals surface area contributed by atoms with Crippen LogP contribution in [0.25, 0.3) is 5.69 Å². The summed E-state index contributed by atoms with van der Waals surface area (Å²) in [6.07, 6.45) is 1.47. The van der Waals surface area contributed by atoms with Crippen molar-refractivity contribution in [2.24, 2.45) is 0 Å². The van der Waals surface area contributed by atoms with Crippen LogP contribution in [0.4, 0.5) is 11.5 Å². The van der Waals surface area contributed by atoms with Crippen LogP contribution in [0.3, 0.4) is 0 Å². The van der Waals surface area contributed by atoms with Crippen molar-refractivity contribution in [2.75, 3.05) is 11.1 Å². The smallest absolute Gasteiger partial charge is 0.281 e. The molecular formula is C10H8N8O2. The Morgan fingerprint density at radius 1 is 1.25 bits per heavy atom. The Labute approximate surface area is 111 Å². The molecule has 3 N–H and O–H groups in total. The minimum atomic E-state index is -0.501. The van der Waals surface area contributed by atoms with Crippen LogP contribution in [0.1, 0.15) is 10.5 Å². The second-order valence-corrected chi connectivity index (χ2v) is 3.75. The predicted molar refractivity (Wildman–Crippen MR) is 65.8 cm³/mol. The lowest BCUT2D eigenvalue weighted by Gasteiger charge is -2.04. The molecule has 1 aromatic carbocycles. The molecule has 0 unspecified atom stereocenters. The molecule has 0 fully saturated rings. The molecule has 0 aliphatic heterocycles. The molecule has 10 heteroatoms. The molecule has 0 aliphatic carbocycles. The fourth-order valence-corrected chi connectivity index (χ4v) is 1.52. The Bertz CT molecular complexity index is 718. The van der Waals surface area contributed by atoms with E-state index in [2.05, 4.69) is 35.8 Å². The first-order valence-electron chi connectivity index (χ1n) is 5.47. The average Bonchev–Trinajstić information content (AvgIpc) is 3.10. The van der Waals surface area contributed by atoms with Gasteiger partial charge in [-0.2, -0.15) is 0 Å². The van der Waals surface area contributed by atoms with Gasteiger partial charge in [0.05, 0.1) is 5.69 Å². The molecule has 0 aliphatic rings. The number of anilines is 2. The van der Waals surface area contributed by atoms with E-state index in [4.69, 9.17) is 5.73 Å². The van der Waals surface area contributed by atoms with Crippen molar-refractivity contribution in [3.63, 3.8) is 0 Å². The Morgan fingerprint density at radius 3 is 2.65 bits per heavy atom. The molecule has 2 heterocycles. The van der Waals surface area contributed by atoms with E-state index in [1.807, 2.05) is 0 Å². The van der Waals surface area contributed by atoms with Crippen molar-refractivity contribution < 1.29 is 9.42 Å². The van der Waals surface area contributed by atoms with Crippen molar-refractivity contribution in [1.82, 2.24) is 30.5 Å². The summed E-state index contributed by atoms with van der Waals surface area (Å²) in [5.74, 6) is -0.563. The van der Waals surface area contributed by atoms with Gasteiger partial charge in [-0.1, -0.05) is 0 Å². The highest BCUT2D eigenvalue weighted by Crippen LogP contribution is 2.14. The molecular weight excluding hydrogens is 264 g/mol. The van der Waals surface area contributed by atoms with E-state index in [9.17, 15) is 4.79 Å². The van der Waals surface area contributed by atoms with Crippen LogP contribution < -0.4 is 11.1 Å². The van der Waals surface area contributed by atoms with E-state index in [1.54, 1.807) is 24.3 Å². The molecule has 0 saturated carbocycles. The summed E-state index contributed by atoms with van der Waals surface area (Å²) >= 11 is 0. The number of nitrogens with zero attached hydrogens (tertiary/aromatic N) is 6. The predicted octanol–water partition coefficient (Wildman–Crippen LogP) is -0.120. The molecule has 0 radical (unpaired) electrons. The Morgan fingerprint density at radius 2 is 2.05 bits per heavy atom. The zero-order chi connectivity index (χ0) is 13.9. The maximum absolute atomic E-state index is 11.8. The fourth-order valence-electron chi connectivity index (χ4n) is 1.52. The molecule has 3 rings (SSSR count). The first-order chi connectivity index (χ1) is 9.74. The third-order valence-corrected chi connectivity index (χ3v) is 2.47. The zero-order valence-corrected chi connectivity index (χ0v) is 9.96. The highest BCUT2D eigenvalue weighted by molar-refractivity contribution is 6.05. The van der Waals surface area contributed by atoms with E-state index in [1.165, 1.54) is 11.0 Å². The molecule has 100 valence electrons. The van der Waals surface area contributed by atoms with E-state index in [-0.39, 0.29) is 11.5 Å². The largest absolute Gasteiger partial charge is 0.379 e. The van der Waals surface area contributed by atoms with Crippen LogP contribution in [0.5, 0.6) is 0 Å². The van der Waals surface area contributed by atoms with Crippen LogP contribution in [0, 0.1) is 0 Å². The number of benzene rings is 1. The summed E-state index contributed by atoms with van der Waals surface area (Å²) in [5.41, 5.74) is 6.69. The molecule has 10 nitrogen and oxygen atoms in total. The molecule has 0 bridgehead atoms. The van der Waals surface area contributed by atoms with E-state index in [0.717, 1.165) is 5.69 Å². The van der Waals surface area contributed by atoms with Gasteiger partial charge in [-0.05, 0) is 45.0 Å². The van der Waals surface area contributed by atoms with Crippen molar-refractivity contribution in [1.29, 1.82) is 0 Å². The molecule has 20 heavy (non-hydrogen) atoms. The van der Waals surface area contributed by atoms with Gasteiger partial charge in [0.1, 0.15) is 6.33 Å². The maximum Gasteiger partial charge on any atom is 0.281 e. The number of nitrogens with one attached hydrogen (secondary N) is 1. The standard InChI is InChI=1S/C10H8N8O2/c11-9-8(14-20-15-9)10(19)13-6-1-3-7(4-2-6)18-5-12-16-17-18/h1-5H,(H2,11,15)(H,13,19). The van der Waals surface area contributed by atoms with Gasteiger partial charge < -0.3 is 11.1 Å². The van der Waals surface area contributed by atoms with Gasteiger partial charge in [0.25, 0.3) is 5.91 Å². The highest BCUT2D eigenvalue weighted by Gasteiger charge is 2.15. The number of nitrogen functional groups attached to an aromatic ring is 1. The van der Waals surface area contributed by atoms with Gasteiger partial charge >= 0.3 is 0 Å². The molecule has 1 amide bonds. The second kappa shape index (κ2) is 4.76. The number of aromatic nitrogens is 6. The highest BCUT2D eigenvalue weighted by atomic mass is 16.6. The van der Waals surface area contributed by atoms with E-state index in [0.29, 0.717) is 5.69 Å². The number of hydrogen-bond acceptors (Lipinski definition) is 8. The van der Waals surface area contributed by atoms with Crippen LogP contribution in [0.15, 0.2) is 35.2 Å². The summed E-state index contributed by atoms with van der Waals surface area (Å²) in [4.78, 5) is 11.8. The molecule has 3 aromatic rings. The van der Waals surface area contributed by atoms with Gasteiger partial charge in [0.2, 0.25) is 11.5 Å². The number of carbonyl (C=O) groups is 1. The van der Waals surface area contributed by atoms with Crippen LogP contribution >= 0.6 is 0 Å². The number of hydrogen-bond donors (Lipinski definition) is 2. The Hall–Kier alpha value is -3.30. The third-order valence-electron chi connectivity index (χ3n) is 2.47. The lowest BCUT2D eigenvalue weighted by atomic mass is 10.2. The Balaban J connectivity index is 1.76. The number of carbonyl (C=O) groups excluding carboxylic acids is 1. The van der Waals surface area contributed by atoms with E-state index < -0.39 is 5.91 Å². The maximum atomic E-state index is 11.8. The molecule has 2 aromatic heterocycles. The summed E-state index contributed by atoms with van der Waals surface area (Å²) in [5, 5.41) is 20.2. The lowest BCUT2D eigenvalue weighted by Crippen LogP contribution is -2.14. The summed E-state index contributed by atoms with van der Waals surface area (Å²) in [6, 6.07) is 6.88. The van der Waals surface area contributed by atoms with Gasteiger partial charge in [-0.15, -0.1) is 5.10 Å². The monoisotopic (exact) mass is 272 g/mol. The van der Waals surface area contributed by atoms with Gasteiger partial charge in [-0.25, -0.2) is 9.31 Å². The van der Waals surface area contributed by atoms with Gasteiger partial charge in [-0.3, -0.25) is 4.79 Å². The normalized spacial score (nSPS) is 10.4. The second-order valence-electron chi connectivity index (χ2n) is 3.75.